The van der Waals surface area contributed by atoms with Crippen LogP contribution in [0.15, 0.2) is 16.7 Å². The second-order valence-electron chi connectivity index (χ2n) is 5.15. The molecule has 6 nitrogen and oxygen atoms in total. The number of pyridine rings is 1. The predicted octanol–water partition coefficient (Wildman–Crippen LogP) is 1.37. The van der Waals surface area contributed by atoms with Gasteiger partial charge in [0.25, 0.3) is 0 Å². The molecule has 2 aromatic heterocycles. The lowest BCUT2D eigenvalue weighted by atomic mass is 10.1. The number of aliphatic hydroxyl groups is 1. The molecule has 8 heteroatoms. The summed E-state index contributed by atoms with van der Waals surface area (Å²) in [6.45, 7) is 0.592. The van der Waals surface area contributed by atoms with Crippen molar-refractivity contribution in [3.8, 4) is 5.88 Å². The number of hydrogen-bond acceptors (Lipinski definition) is 5. The third kappa shape index (κ3) is 2.22. The first kappa shape index (κ1) is 13.4. The van der Waals surface area contributed by atoms with E-state index in [9.17, 15) is 9.50 Å². The topological polar surface area (TPSA) is 76.6 Å². The van der Waals surface area contributed by atoms with Gasteiger partial charge >= 0.3 is 0 Å². The Bertz CT molecular complexity index is 655. The van der Waals surface area contributed by atoms with E-state index in [0.717, 1.165) is 0 Å². The molecule has 0 spiro atoms. The summed E-state index contributed by atoms with van der Waals surface area (Å²) in [6, 6.07) is 3.04. The van der Waals surface area contributed by atoms with Crippen molar-refractivity contribution in [3.05, 3.63) is 22.6 Å². The molecule has 112 valence electrons. The molecule has 2 fully saturated rings. The molecule has 2 aromatic rings. The molecule has 0 bridgehead atoms. The number of aliphatic hydroxyl groups excluding tert-OH is 1. The van der Waals surface area contributed by atoms with E-state index in [1.54, 1.807) is 6.07 Å². The van der Waals surface area contributed by atoms with Gasteiger partial charge in [-0.05, 0) is 15.9 Å². The summed E-state index contributed by atoms with van der Waals surface area (Å²) in [7, 11) is 0. The van der Waals surface area contributed by atoms with Crippen LogP contribution in [0, 0.1) is 5.82 Å². The first-order valence-corrected chi connectivity index (χ1v) is 7.34. The van der Waals surface area contributed by atoms with E-state index in [4.69, 9.17) is 14.2 Å². The van der Waals surface area contributed by atoms with Crippen molar-refractivity contribution in [1.29, 1.82) is 0 Å². The monoisotopic (exact) mass is 358 g/mol. The van der Waals surface area contributed by atoms with Gasteiger partial charge in [-0.25, -0.2) is 9.37 Å². The Morgan fingerprint density at radius 1 is 1.33 bits per heavy atom. The molecule has 0 aromatic carbocycles. The fraction of sp³-hybridized carbons (Fsp3) is 0.462. The molecule has 21 heavy (non-hydrogen) atoms. The molecule has 2 N–H and O–H groups in total. The van der Waals surface area contributed by atoms with Gasteiger partial charge in [-0.3, -0.25) is 0 Å². The minimum atomic E-state index is -0.613. The number of nitrogens with zero attached hydrogens (tertiary/aromatic N) is 1. The van der Waals surface area contributed by atoms with Crippen molar-refractivity contribution in [2.45, 2.75) is 24.4 Å². The fourth-order valence-electron chi connectivity index (χ4n) is 2.75. The van der Waals surface area contributed by atoms with Gasteiger partial charge < -0.3 is 24.3 Å². The Morgan fingerprint density at radius 3 is 3.00 bits per heavy atom. The maximum Gasteiger partial charge on any atom is 0.193 e. The largest absolute Gasteiger partial charge is 0.470 e. The standard InChI is InChI=1S/C13H12BrFN2O4/c14-13-5(15)1-6-7(17-13)2-10(16-6)21-9-4-20-11-8(18)3-19-12(9)11/h1-2,8-9,11-12,16,18H,3-4H2/t8-,9-,11-,12?/m1/s1. The Morgan fingerprint density at radius 2 is 2.14 bits per heavy atom. The van der Waals surface area contributed by atoms with Crippen molar-refractivity contribution >= 4 is 27.0 Å². The maximum atomic E-state index is 13.4. The normalized spacial score (nSPS) is 31.8. The zero-order chi connectivity index (χ0) is 14.6. The summed E-state index contributed by atoms with van der Waals surface area (Å²) in [4.78, 5) is 7.04. The Kier molecular flexibility index (Phi) is 3.14. The van der Waals surface area contributed by atoms with Crippen LogP contribution < -0.4 is 4.74 Å². The van der Waals surface area contributed by atoms with Crippen LogP contribution in [0.25, 0.3) is 11.0 Å². The summed E-state index contributed by atoms with van der Waals surface area (Å²) >= 11 is 3.05. The van der Waals surface area contributed by atoms with Crippen LogP contribution in [-0.2, 0) is 9.47 Å². The van der Waals surface area contributed by atoms with Crippen LogP contribution in [0.2, 0.25) is 0 Å². The van der Waals surface area contributed by atoms with E-state index in [1.807, 2.05) is 0 Å². The van der Waals surface area contributed by atoms with E-state index in [1.165, 1.54) is 6.07 Å². The van der Waals surface area contributed by atoms with E-state index in [-0.39, 0.29) is 29.5 Å². The highest BCUT2D eigenvalue weighted by Gasteiger charge is 2.48. The predicted molar refractivity (Wildman–Crippen MR) is 73.7 cm³/mol. The van der Waals surface area contributed by atoms with Gasteiger partial charge in [0.05, 0.1) is 24.2 Å². The second kappa shape index (κ2) is 4.91. The Balaban J connectivity index is 1.57. The molecule has 2 aliphatic heterocycles. The van der Waals surface area contributed by atoms with Gasteiger partial charge in [-0.1, -0.05) is 0 Å². The average molecular weight is 359 g/mol. The molecule has 0 amide bonds. The third-order valence-electron chi connectivity index (χ3n) is 3.75. The van der Waals surface area contributed by atoms with E-state index < -0.39 is 11.9 Å². The second-order valence-corrected chi connectivity index (χ2v) is 5.90. The highest BCUT2D eigenvalue weighted by molar-refractivity contribution is 9.10. The number of rotatable bonds is 2. The zero-order valence-electron chi connectivity index (χ0n) is 10.8. The first-order chi connectivity index (χ1) is 10.1. The van der Waals surface area contributed by atoms with Crippen LogP contribution in [0.5, 0.6) is 5.88 Å². The fourth-order valence-corrected chi connectivity index (χ4v) is 3.06. The molecule has 0 radical (unpaired) electrons. The molecule has 1 unspecified atom stereocenters. The third-order valence-corrected chi connectivity index (χ3v) is 4.30. The van der Waals surface area contributed by atoms with Crippen LogP contribution in [-0.4, -0.2) is 52.7 Å². The highest BCUT2D eigenvalue weighted by Crippen LogP contribution is 2.31. The number of H-pyrrole nitrogens is 1. The summed E-state index contributed by atoms with van der Waals surface area (Å²) in [5.41, 5.74) is 1.15. The van der Waals surface area contributed by atoms with E-state index in [2.05, 4.69) is 25.9 Å². The average Bonchev–Trinajstić information content (AvgIpc) is 3.10. The van der Waals surface area contributed by atoms with Crippen molar-refractivity contribution < 1.29 is 23.7 Å². The van der Waals surface area contributed by atoms with Crippen LogP contribution in [0.3, 0.4) is 0 Å². The first-order valence-electron chi connectivity index (χ1n) is 6.54. The summed E-state index contributed by atoms with van der Waals surface area (Å²) in [5.74, 6) is 0.0247. The molecular formula is C13H12BrFN2O4. The summed E-state index contributed by atoms with van der Waals surface area (Å²) in [6.07, 6.45) is -1.56. The summed E-state index contributed by atoms with van der Waals surface area (Å²) in [5, 5.41) is 9.69. The molecule has 2 saturated heterocycles. The molecule has 0 saturated carbocycles. The van der Waals surface area contributed by atoms with Gasteiger partial charge in [0.15, 0.2) is 17.8 Å². The van der Waals surface area contributed by atoms with Crippen molar-refractivity contribution in [3.63, 3.8) is 0 Å². The minimum absolute atomic E-state index is 0.159. The lowest BCUT2D eigenvalue weighted by Crippen LogP contribution is -2.34. The Hall–Kier alpha value is -1.22. The number of aromatic nitrogens is 2. The quantitative estimate of drug-likeness (QED) is 0.793. The number of fused-ring (bicyclic) bond motifs is 2. The molecule has 4 atom stereocenters. The van der Waals surface area contributed by atoms with E-state index in [0.29, 0.717) is 23.5 Å². The Labute approximate surface area is 127 Å². The van der Waals surface area contributed by atoms with Crippen LogP contribution >= 0.6 is 15.9 Å². The molecule has 4 heterocycles. The number of aromatic amines is 1. The van der Waals surface area contributed by atoms with Gasteiger partial charge in [-0.15, -0.1) is 0 Å². The van der Waals surface area contributed by atoms with Gasteiger partial charge in [0.2, 0.25) is 0 Å². The molecule has 0 aliphatic carbocycles. The number of hydrogen-bond donors (Lipinski definition) is 2. The molecule has 4 rings (SSSR count). The van der Waals surface area contributed by atoms with Crippen molar-refractivity contribution in [2.75, 3.05) is 13.2 Å². The molecule has 2 aliphatic rings. The maximum absolute atomic E-state index is 13.4. The number of nitrogens with one attached hydrogen (secondary N) is 1. The van der Waals surface area contributed by atoms with Crippen molar-refractivity contribution in [2.24, 2.45) is 0 Å². The number of halogens is 2. The molecular weight excluding hydrogens is 347 g/mol. The number of ether oxygens (including phenoxy) is 3. The van der Waals surface area contributed by atoms with E-state index >= 15 is 0 Å². The lowest BCUT2D eigenvalue weighted by molar-refractivity contribution is 0.00794. The highest BCUT2D eigenvalue weighted by atomic mass is 79.9. The van der Waals surface area contributed by atoms with Gasteiger partial charge in [0.1, 0.15) is 22.9 Å². The van der Waals surface area contributed by atoms with Crippen LogP contribution in [0.1, 0.15) is 0 Å². The minimum Gasteiger partial charge on any atom is -0.470 e. The summed E-state index contributed by atoms with van der Waals surface area (Å²) < 4.78 is 30.4. The SMILES string of the molecule is O[C@@H]1COC2[C@H](Oc3cc4nc(Br)c(F)cc4[nH]3)CO[C@@H]21. The van der Waals surface area contributed by atoms with Gasteiger partial charge in [0, 0.05) is 12.1 Å². The lowest BCUT2D eigenvalue weighted by Gasteiger charge is -2.16. The van der Waals surface area contributed by atoms with Gasteiger partial charge in [-0.2, -0.15) is 0 Å². The zero-order valence-corrected chi connectivity index (χ0v) is 12.3. The van der Waals surface area contributed by atoms with Crippen molar-refractivity contribution in [1.82, 2.24) is 9.97 Å². The van der Waals surface area contributed by atoms with Crippen LogP contribution in [0.4, 0.5) is 4.39 Å². The smallest absolute Gasteiger partial charge is 0.193 e.